The SMILES string of the molecule is Cc1cc(=O)n2nc(CN3CC(C(C)C(=O)O)C3)sc2n1. The number of nitrogens with zero attached hydrogens (tertiary/aromatic N) is 4. The van der Waals surface area contributed by atoms with Gasteiger partial charge in [0.15, 0.2) is 0 Å². The first-order chi connectivity index (χ1) is 9.94. The molecule has 0 spiro atoms. The Labute approximate surface area is 124 Å². The van der Waals surface area contributed by atoms with Crippen LogP contribution in [0.5, 0.6) is 0 Å². The van der Waals surface area contributed by atoms with Crippen LogP contribution in [0, 0.1) is 18.8 Å². The van der Waals surface area contributed by atoms with Gasteiger partial charge in [-0.1, -0.05) is 18.3 Å². The Morgan fingerprint density at radius 1 is 1.57 bits per heavy atom. The zero-order valence-electron chi connectivity index (χ0n) is 11.8. The van der Waals surface area contributed by atoms with E-state index in [2.05, 4.69) is 15.0 Å². The summed E-state index contributed by atoms with van der Waals surface area (Å²) in [5, 5.41) is 14.1. The molecule has 1 aliphatic heterocycles. The van der Waals surface area contributed by atoms with Crippen molar-refractivity contribution in [3.63, 3.8) is 0 Å². The Bertz CT molecular complexity index is 747. The Morgan fingerprint density at radius 3 is 2.95 bits per heavy atom. The molecule has 0 saturated carbocycles. The maximum atomic E-state index is 11.8. The van der Waals surface area contributed by atoms with Gasteiger partial charge in [0.1, 0.15) is 5.01 Å². The molecule has 2 aromatic rings. The summed E-state index contributed by atoms with van der Waals surface area (Å²) in [7, 11) is 0. The summed E-state index contributed by atoms with van der Waals surface area (Å²) in [6, 6.07) is 1.46. The van der Waals surface area contributed by atoms with Gasteiger partial charge in [0.2, 0.25) is 4.96 Å². The van der Waals surface area contributed by atoms with E-state index in [1.165, 1.54) is 21.9 Å². The van der Waals surface area contributed by atoms with Crippen molar-refractivity contribution in [2.75, 3.05) is 13.1 Å². The van der Waals surface area contributed by atoms with Crippen LogP contribution in [0.4, 0.5) is 0 Å². The smallest absolute Gasteiger partial charge is 0.306 e. The average Bonchev–Trinajstić information content (AvgIpc) is 2.75. The second-order valence-corrected chi connectivity index (χ2v) is 6.55. The van der Waals surface area contributed by atoms with E-state index < -0.39 is 5.97 Å². The summed E-state index contributed by atoms with van der Waals surface area (Å²) in [6.45, 7) is 5.67. The summed E-state index contributed by atoms with van der Waals surface area (Å²) in [5.74, 6) is -0.866. The molecule has 0 amide bonds. The minimum atomic E-state index is -0.745. The Hall–Kier alpha value is -1.80. The van der Waals surface area contributed by atoms with Crippen LogP contribution in [-0.2, 0) is 11.3 Å². The van der Waals surface area contributed by atoms with E-state index >= 15 is 0 Å². The number of hydrogen-bond donors (Lipinski definition) is 1. The summed E-state index contributed by atoms with van der Waals surface area (Å²) in [6.07, 6.45) is 0. The van der Waals surface area contributed by atoms with Gasteiger partial charge in [0.05, 0.1) is 12.5 Å². The number of carboxylic acids is 1. The number of likely N-dealkylation sites (tertiary alicyclic amines) is 1. The van der Waals surface area contributed by atoms with Crippen LogP contribution in [0.25, 0.3) is 4.96 Å². The van der Waals surface area contributed by atoms with Gasteiger partial charge in [-0.2, -0.15) is 9.61 Å². The minimum Gasteiger partial charge on any atom is -0.481 e. The molecule has 0 radical (unpaired) electrons. The topological polar surface area (TPSA) is 87.8 Å². The van der Waals surface area contributed by atoms with Gasteiger partial charge in [0.25, 0.3) is 5.56 Å². The Balaban J connectivity index is 1.69. The van der Waals surface area contributed by atoms with Crippen LogP contribution >= 0.6 is 11.3 Å². The first-order valence-corrected chi connectivity index (χ1v) is 7.57. The molecular weight excluding hydrogens is 292 g/mol. The standard InChI is InChI=1S/C13H16N4O3S/c1-7-3-11(18)17-13(14-7)21-10(15-17)6-16-4-9(5-16)8(2)12(19)20/h3,8-9H,4-6H2,1-2H3,(H,19,20). The van der Waals surface area contributed by atoms with Crippen LogP contribution in [-0.4, -0.2) is 43.7 Å². The highest BCUT2D eigenvalue weighted by Gasteiger charge is 2.34. The largest absolute Gasteiger partial charge is 0.481 e. The quantitative estimate of drug-likeness (QED) is 0.890. The third-order valence-electron chi connectivity index (χ3n) is 3.86. The number of hydrogen-bond acceptors (Lipinski definition) is 6. The fourth-order valence-electron chi connectivity index (χ4n) is 2.47. The predicted molar refractivity (Wildman–Crippen MR) is 77.4 cm³/mol. The van der Waals surface area contributed by atoms with Crippen molar-refractivity contribution in [3.05, 3.63) is 27.1 Å². The summed E-state index contributed by atoms with van der Waals surface area (Å²) in [4.78, 5) is 29.7. The van der Waals surface area contributed by atoms with Crippen LogP contribution in [0.1, 0.15) is 17.6 Å². The first kappa shape index (κ1) is 14.2. The molecule has 7 nitrogen and oxygen atoms in total. The zero-order valence-corrected chi connectivity index (χ0v) is 12.6. The number of carbonyl (C=O) groups is 1. The van der Waals surface area contributed by atoms with Crippen molar-refractivity contribution in [1.82, 2.24) is 19.5 Å². The predicted octanol–water partition coefficient (Wildman–Crippen LogP) is 0.612. The third kappa shape index (κ3) is 2.68. The van der Waals surface area contributed by atoms with E-state index in [1.807, 2.05) is 0 Å². The molecule has 2 aromatic heterocycles. The lowest BCUT2D eigenvalue weighted by Gasteiger charge is -2.40. The molecule has 1 saturated heterocycles. The van der Waals surface area contributed by atoms with Gasteiger partial charge in [0, 0.05) is 24.8 Å². The number of carboxylic acid groups (broad SMARTS) is 1. The van der Waals surface area contributed by atoms with Crippen LogP contribution < -0.4 is 5.56 Å². The normalized spacial score (nSPS) is 17.8. The van der Waals surface area contributed by atoms with Crippen LogP contribution in [0.3, 0.4) is 0 Å². The first-order valence-electron chi connectivity index (χ1n) is 6.75. The second-order valence-electron chi connectivity index (χ2n) is 5.51. The molecular formula is C13H16N4O3S. The molecule has 3 heterocycles. The van der Waals surface area contributed by atoms with Crippen molar-refractivity contribution in [1.29, 1.82) is 0 Å². The fraction of sp³-hybridized carbons (Fsp3) is 0.538. The maximum Gasteiger partial charge on any atom is 0.306 e. The van der Waals surface area contributed by atoms with E-state index in [1.54, 1.807) is 13.8 Å². The number of aliphatic carboxylic acids is 1. The van der Waals surface area contributed by atoms with Gasteiger partial charge in [-0.3, -0.25) is 14.5 Å². The lowest BCUT2D eigenvalue weighted by Crippen LogP contribution is -2.50. The monoisotopic (exact) mass is 308 g/mol. The molecule has 1 fully saturated rings. The van der Waals surface area contributed by atoms with Crippen molar-refractivity contribution < 1.29 is 9.90 Å². The van der Waals surface area contributed by atoms with Gasteiger partial charge in [-0.05, 0) is 12.8 Å². The zero-order chi connectivity index (χ0) is 15.1. The highest BCUT2D eigenvalue weighted by molar-refractivity contribution is 7.16. The van der Waals surface area contributed by atoms with E-state index in [4.69, 9.17) is 5.11 Å². The number of aryl methyl sites for hydroxylation is 1. The van der Waals surface area contributed by atoms with Crippen LogP contribution in [0.2, 0.25) is 0 Å². The van der Waals surface area contributed by atoms with Crippen molar-refractivity contribution >= 4 is 22.3 Å². The maximum absolute atomic E-state index is 11.8. The van der Waals surface area contributed by atoms with Gasteiger partial charge in [-0.25, -0.2) is 4.98 Å². The molecule has 0 aromatic carbocycles. The molecule has 0 bridgehead atoms. The van der Waals surface area contributed by atoms with Crippen LogP contribution in [0.15, 0.2) is 10.9 Å². The van der Waals surface area contributed by atoms with E-state index in [0.717, 1.165) is 18.1 Å². The highest BCUT2D eigenvalue weighted by atomic mass is 32.1. The average molecular weight is 308 g/mol. The fourth-order valence-corrected chi connectivity index (χ4v) is 3.46. The van der Waals surface area contributed by atoms with Crippen molar-refractivity contribution in [3.8, 4) is 0 Å². The third-order valence-corrected chi connectivity index (χ3v) is 4.75. The van der Waals surface area contributed by atoms with Crippen molar-refractivity contribution in [2.45, 2.75) is 20.4 Å². The molecule has 1 N–H and O–H groups in total. The van der Waals surface area contributed by atoms with E-state index in [9.17, 15) is 9.59 Å². The molecule has 1 aliphatic rings. The molecule has 21 heavy (non-hydrogen) atoms. The molecule has 1 atom stereocenters. The number of rotatable bonds is 4. The number of fused-ring (bicyclic) bond motifs is 1. The Morgan fingerprint density at radius 2 is 2.29 bits per heavy atom. The lowest BCUT2D eigenvalue weighted by atomic mass is 9.87. The second kappa shape index (κ2) is 5.19. The van der Waals surface area contributed by atoms with Gasteiger partial charge < -0.3 is 5.11 Å². The molecule has 112 valence electrons. The van der Waals surface area contributed by atoms with E-state index in [0.29, 0.717) is 17.2 Å². The molecule has 8 heteroatoms. The summed E-state index contributed by atoms with van der Waals surface area (Å²) >= 11 is 1.40. The molecule has 3 rings (SSSR count). The van der Waals surface area contributed by atoms with Gasteiger partial charge in [-0.15, -0.1) is 0 Å². The minimum absolute atomic E-state index is 0.166. The van der Waals surface area contributed by atoms with E-state index in [-0.39, 0.29) is 17.4 Å². The summed E-state index contributed by atoms with van der Waals surface area (Å²) in [5.41, 5.74) is 0.524. The van der Waals surface area contributed by atoms with Gasteiger partial charge >= 0.3 is 5.97 Å². The molecule has 0 aliphatic carbocycles. The number of aromatic nitrogens is 3. The lowest BCUT2D eigenvalue weighted by molar-refractivity contribution is -0.145. The molecule has 1 unspecified atom stereocenters. The Kier molecular flexibility index (Phi) is 3.50. The highest BCUT2D eigenvalue weighted by Crippen LogP contribution is 2.26. The summed E-state index contributed by atoms with van der Waals surface area (Å²) < 4.78 is 1.32. The van der Waals surface area contributed by atoms with Crippen molar-refractivity contribution in [2.24, 2.45) is 11.8 Å².